The van der Waals surface area contributed by atoms with Crippen LogP contribution in [0, 0.1) is 0 Å². The predicted molar refractivity (Wildman–Crippen MR) is 145 cm³/mol. The maximum absolute atomic E-state index is 13.4. The number of hydrogen-bond acceptors (Lipinski definition) is 6. The van der Waals surface area contributed by atoms with E-state index in [1.54, 1.807) is 6.08 Å². The molecule has 0 aliphatic carbocycles. The van der Waals surface area contributed by atoms with Crippen LogP contribution in [0.1, 0.15) is 5.56 Å². The van der Waals surface area contributed by atoms with Gasteiger partial charge in [0.25, 0.3) is 5.56 Å². The van der Waals surface area contributed by atoms with E-state index in [4.69, 9.17) is 9.97 Å². The lowest BCUT2D eigenvalue weighted by molar-refractivity contribution is 1.07. The second-order valence-electron chi connectivity index (χ2n) is 8.07. The van der Waals surface area contributed by atoms with Crippen molar-refractivity contribution in [2.45, 2.75) is 0 Å². The summed E-state index contributed by atoms with van der Waals surface area (Å²) in [5.41, 5.74) is 3.30. The van der Waals surface area contributed by atoms with Gasteiger partial charge in [0.2, 0.25) is 4.96 Å². The maximum atomic E-state index is 13.4. The Hall–Kier alpha value is -4.75. The van der Waals surface area contributed by atoms with Crippen molar-refractivity contribution in [3.63, 3.8) is 0 Å². The van der Waals surface area contributed by atoms with Crippen LogP contribution in [-0.2, 0) is 0 Å². The standard InChI is InChI=1S/C29H18N4O2S/c34-27-25-26(31-24(21-16-8-3-9-17-21)23(30-25)20-14-6-2-7-15-20)33-28(35)22(36-29(33)32-27)18-10-13-19-11-4-1-5-12-19/h1-18H/b13-10+,22-18-. The third kappa shape index (κ3) is 3.91. The summed E-state index contributed by atoms with van der Waals surface area (Å²) in [5.74, 6) is 0. The van der Waals surface area contributed by atoms with Crippen molar-refractivity contribution in [2.24, 2.45) is 0 Å². The Morgan fingerprint density at radius 3 is 1.92 bits per heavy atom. The van der Waals surface area contributed by atoms with Crippen molar-refractivity contribution in [1.82, 2.24) is 19.4 Å². The van der Waals surface area contributed by atoms with Gasteiger partial charge in [-0.25, -0.2) is 14.4 Å². The van der Waals surface area contributed by atoms with Crippen LogP contribution in [-0.4, -0.2) is 19.4 Å². The number of hydrogen-bond donors (Lipinski definition) is 0. The average molecular weight is 487 g/mol. The Balaban J connectivity index is 1.62. The van der Waals surface area contributed by atoms with Crippen molar-refractivity contribution >= 4 is 39.6 Å². The van der Waals surface area contributed by atoms with Gasteiger partial charge in [-0.1, -0.05) is 114 Å². The van der Waals surface area contributed by atoms with Gasteiger partial charge in [-0.05, 0) is 11.6 Å². The van der Waals surface area contributed by atoms with E-state index in [2.05, 4.69) is 4.98 Å². The molecule has 0 bridgehead atoms. The van der Waals surface area contributed by atoms with Crippen LogP contribution in [0.25, 0.3) is 50.8 Å². The number of nitrogens with zero attached hydrogens (tertiary/aromatic N) is 4. The highest BCUT2D eigenvalue weighted by Gasteiger charge is 2.19. The molecule has 3 aromatic heterocycles. The zero-order valence-corrected chi connectivity index (χ0v) is 19.7. The van der Waals surface area contributed by atoms with Gasteiger partial charge in [-0.2, -0.15) is 4.98 Å². The first-order chi connectivity index (χ1) is 17.7. The van der Waals surface area contributed by atoms with Crippen molar-refractivity contribution < 1.29 is 0 Å². The number of aromatic nitrogens is 4. The molecule has 0 spiro atoms. The Morgan fingerprint density at radius 2 is 1.28 bits per heavy atom. The third-order valence-corrected chi connectivity index (χ3v) is 6.71. The zero-order valence-electron chi connectivity index (χ0n) is 18.9. The van der Waals surface area contributed by atoms with Gasteiger partial charge in [0.15, 0.2) is 11.2 Å². The predicted octanol–water partition coefficient (Wildman–Crippen LogP) is 4.61. The van der Waals surface area contributed by atoms with Crippen molar-refractivity contribution in [3.8, 4) is 22.5 Å². The Labute approximate surface area is 209 Å². The molecule has 0 amide bonds. The fourth-order valence-electron chi connectivity index (χ4n) is 4.02. The van der Waals surface area contributed by atoms with E-state index in [1.165, 1.54) is 4.40 Å². The fourth-order valence-corrected chi connectivity index (χ4v) is 4.93. The van der Waals surface area contributed by atoms with Crippen LogP contribution >= 0.6 is 11.3 Å². The van der Waals surface area contributed by atoms with Gasteiger partial charge in [-0.15, -0.1) is 0 Å². The van der Waals surface area contributed by atoms with Crippen LogP contribution in [0.4, 0.5) is 0 Å². The molecule has 3 aromatic carbocycles. The molecule has 0 atom stereocenters. The lowest BCUT2D eigenvalue weighted by Crippen LogP contribution is -2.25. The molecule has 0 aliphatic heterocycles. The average Bonchev–Trinajstić information content (AvgIpc) is 3.24. The molecule has 7 heteroatoms. The molecule has 0 aliphatic rings. The van der Waals surface area contributed by atoms with E-state index in [-0.39, 0.29) is 21.7 Å². The quantitative estimate of drug-likeness (QED) is 0.364. The lowest BCUT2D eigenvalue weighted by atomic mass is 10.0. The highest BCUT2D eigenvalue weighted by Crippen LogP contribution is 2.30. The normalized spacial score (nSPS) is 12.2. The minimum atomic E-state index is -0.512. The first-order valence-corrected chi connectivity index (χ1v) is 12.1. The zero-order chi connectivity index (χ0) is 24.5. The van der Waals surface area contributed by atoms with Crippen LogP contribution in [0.2, 0.25) is 0 Å². The minimum absolute atomic E-state index is 0.0623. The van der Waals surface area contributed by atoms with E-state index in [0.29, 0.717) is 15.9 Å². The van der Waals surface area contributed by atoms with Gasteiger partial charge in [-0.3, -0.25) is 9.59 Å². The molecule has 36 heavy (non-hydrogen) atoms. The first-order valence-electron chi connectivity index (χ1n) is 11.3. The molecule has 0 saturated carbocycles. The summed E-state index contributed by atoms with van der Waals surface area (Å²) in [6.07, 6.45) is 5.46. The summed E-state index contributed by atoms with van der Waals surface area (Å²) < 4.78 is 1.84. The third-order valence-electron chi connectivity index (χ3n) is 5.73. The molecule has 3 heterocycles. The molecule has 0 fully saturated rings. The number of allylic oxidation sites excluding steroid dienone is 1. The summed E-state index contributed by atoms with van der Waals surface area (Å²) in [7, 11) is 0. The van der Waals surface area contributed by atoms with Crippen LogP contribution in [0.5, 0.6) is 0 Å². The maximum Gasteiger partial charge on any atom is 0.302 e. The molecule has 0 saturated heterocycles. The van der Waals surface area contributed by atoms with Crippen LogP contribution < -0.4 is 15.7 Å². The second kappa shape index (κ2) is 9.13. The molecule has 6 nitrogen and oxygen atoms in total. The SMILES string of the molecule is O=c1nc2s/c(=C\C=C\c3ccccc3)c(=O)n2c2nc(-c3ccccc3)c(-c3ccccc3)nc12. The van der Waals surface area contributed by atoms with Gasteiger partial charge in [0.05, 0.1) is 15.9 Å². The summed E-state index contributed by atoms with van der Waals surface area (Å²) in [6, 6.07) is 29.0. The number of thiazole rings is 1. The summed E-state index contributed by atoms with van der Waals surface area (Å²) in [6.45, 7) is 0. The van der Waals surface area contributed by atoms with E-state index in [1.807, 2.05) is 103 Å². The van der Waals surface area contributed by atoms with Gasteiger partial charge in [0, 0.05) is 11.1 Å². The molecule has 0 N–H and O–H groups in total. The molecule has 0 unspecified atom stereocenters. The Bertz CT molecular complexity index is 1910. The largest absolute Gasteiger partial charge is 0.302 e. The van der Waals surface area contributed by atoms with Crippen molar-refractivity contribution in [2.75, 3.05) is 0 Å². The highest BCUT2D eigenvalue weighted by atomic mass is 32.1. The van der Waals surface area contributed by atoms with E-state index < -0.39 is 5.56 Å². The molecule has 6 rings (SSSR count). The van der Waals surface area contributed by atoms with E-state index in [9.17, 15) is 9.59 Å². The van der Waals surface area contributed by atoms with E-state index in [0.717, 1.165) is 28.0 Å². The van der Waals surface area contributed by atoms with Gasteiger partial charge in [0.1, 0.15) is 0 Å². The minimum Gasteiger partial charge on any atom is -0.267 e. The van der Waals surface area contributed by atoms with Gasteiger partial charge < -0.3 is 0 Å². The Kier molecular flexibility index (Phi) is 5.52. The van der Waals surface area contributed by atoms with Gasteiger partial charge >= 0.3 is 5.56 Å². The molecular formula is C29H18N4O2S. The van der Waals surface area contributed by atoms with Crippen LogP contribution in [0.15, 0.2) is 107 Å². The molecule has 6 aromatic rings. The molecule has 0 radical (unpaired) electrons. The van der Waals surface area contributed by atoms with Crippen molar-refractivity contribution in [3.05, 3.63) is 128 Å². The number of rotatable bonds is 4. The second-order valence-corrected chi connectivity index (χ2v) is 9.08. The van der Waals surface area contributed by atoms with Crippen molar-refractivity contribution in [1.29, 1.82) is 0 Å². The summed E-state index contributed by atoms with van der Waals surface area (Å²) >= 11 is 1.16. The Morgan fingerprint density at radius 1 is 0.694 bits per heavy atom. The number of fused-ring (bicyclic) bond motifs is 3. The monoisotopic (exact) mass is 486 g/mol. The topological polar surface area (TPSA) is 77.2 Å². The molecular weight excluding hydrogens is 468 g/mol. The highest BCUT2D eigenvalue weighted by molar-refractivity contribution is 7.15. The van der Waals surface area contributed by atoms with Crippen LogP contribution in [0.3, 0.4) is 0 Å². The summed E-state index contributed by atoms with van der Waals surface area (Å²) in [4.78, 5) is 40.4. The number of benzene rings is 3. The van der Waals surface area contributed by atoms with E-state index >= 15 is 0 Å². The lowest BCUT2D eigenvalue weighted by Gasteiger charge is -2.10. The smallest absolute Gasteiger partial charge is 0.267 e. The molecule has 172 valence electrons. The summed E-state index contributed by atoms with van der Waals surface area (Å²) in [5, 5.41) is 0. The fraction of sp³-hybridized carbons (Fsp3) is 0. The first kappa shape index (κ1) is 21.8.